The topological polar surface area (TPSA) is 0 Å². The Kier molecular flexibility index (Phi) is 4.33. The monoisotopic (exact) mass is 348 g/mol. The van der Waals surface area contributed by atoms with E-state index in [1.807, 2.05) is 0 Å². The fraction of sp³-hybridized carbons (Fsp3) is 0.100. The van der Waals surface area contributed by atoms with Crippen LogP contribution in [0.25, 0.3) is 22.3 Å². The van der Waals surface area contributed by atoms with Gasteiger partial charge in [0.2, 0.25) is 0 Å². The lowest BCUT2D eigenvalue weighted by Crippen LogP contribution is -1.97. The number of aryl methyl sites for hydroxylation is 1. The van der Waals surface area contributed by atoms with E-state index in [0.29, 0.717) is 5.56 Å². The van der Waals surface area contributed by atoms with Gasteiger partial charge in [0.15, 0.2) is 0 Å². The Balaban J connectivity index is 2.16. The average molecular weight is 348 g/mol. The maximum atomic E-state index is 14.4. The van der Waals surface area contributed by atoms with Crippen LogP contribution < -0.4 is 0 Å². The Bertz CT molecular complexity index is 930. The molecule has 3 aromatic carbocycles. The van der Waals surface area contributed by atoms with Gasteiger partial charge in [-0.15, -0.1) is 0 Å². The first-order valence-corrected chi connectivity index (χ1v) is 7.49. The summed E-state index contributed by atoms with van der Waals surface area (Å²) in [7, 11) is 0. The van der Waals surface area contributed by atoms with Crippen LogP contribution >= 0.6 is 0 Å². The van der Waals surface area contributed by atoms with Crippen LogP contribution in [0.5, 0.6) is 0 Å². The summed E-state index contributed by atoms with van der Waals surface area (Å²) in [4.78, 5) is 0. The number of rotatable bonds is 2. The summed E-state index contributed by atoms with van der Waals surface area (Å²) < 4.78 is 70.3. The molecule has 3 rings (SSSR count). The van der Waals surface area contributed by atoms with E-state index < -0.39 is 34.6 Å². The molecule has 0 aromatic heterocycles. The second-order valence-electron chi connectivity index (χ2n) is 5.86. The van der Waals surface area contributed by atoms with E-state index in [1.165, 1.54) is 19.1 Å². The molecule has 0 spiro atoms. The van der Waals surface area contributed by atoms with Gasteiger partial charge in [-0.05, 0) is 60.9 Å². The zero-order chi connectivity index (χ0) is 18.3. The number of hydrogen-bond donors (Lipinski definition) is 0. The fourth-order valence-electron chi connectivity index (χ4n) is 2.65. The van der Waals surface area contributed by atoms with Crippen LogP contribution in [0.4, 0.5) is 22.0 Å². The second kappa shape index (κ2) is 6.31. The molecule has 0 atom stereocenters. The smallest absolute Gasteiger partial charge is 0.134 e. The van der Waals surface area contributed by atoms with Gasteiger partial charge < -0.3 is 0 Å². The van der Waals surface area contributed by atoms with Crippen LogP contribution in [0.2, 0.25) is 0 Å². The van der Waals surface area contributed by atoms with Gasteiger partial charge in [-0.1, -0.05) is 12.1 Å². The molecule has 128 valence electrons. The Morgan fingerprint density at radius 3 is 1.60 bits per heavy atom. The van der Waals surface area contributed by atoms with Gasteiger partial charge in [-0.3, -0.25) is 0 Å². The molecular weight excluding hydrogens is 335 g/mol. The first-order valence-electron chi connectivity index (χ1n) is 7.49. The summed E-state index contributed by atoms with van der Waals surface area (Å²) in [6, 6.07) is 7.92. The van der Waals surface area contributed by atoms with Crippen LogP contribution in [-0.2, 0) is 0 Å². The minimum absolute atomic E-state index is 0.00399. The Morgan fingerprint density at radius 1 is 0.560 bits per heavy atom. The van der Waals surface area contributed by atoms with Gasteiger partial charge >= 0.3 is 0 Å². The summed E-state index contributed by atoms with van der Waals surface area (Å²) in [6.45, 7) is 2.92. The number of hydrogen-bond acceptors (Lipinski definition) is 0. The standard InChI is InChI=1S/C20H13F5/c1-10-3-4-14(17(23)5-10)12-6-18(24)20(19(25)7-12)13-8-15(21)11(2)16(22)9-13/h3-9H,1-2H3. The highest BCUT2D eigenvalue weighted by Crippen LogP contribution is 2.33. The van der Waals surface area contributed by atoms with E-state index in [9.17, 15) is 22.0 Å². The highest BCUT2D eigenvalue weighted by molar-refractivity contribution is 5.72. The van der Waals surface area contributed by atoms with Crippen molar-refractivity contribution < 1.29 is 22.0 Å². The lowest BCUT2D eigenvalue weighted by molar-refractivity contribution is 0.566. The van der Waals surface area contributed by atoms with Crippen molar-refractivity contribution >= 4 is 0 Å². The van der Waals surface area contributed by atoms with Crippen LogP contribution in [0, 0.1) is 42.9 Å². The lowest BCUT2D eigenvalue weighted by atomic mass is 9.97. The molecule has 5 heteroatoms. The van der Waals surface area contributed by atoms with Crippen LogP contribution in [0.15, 0.2) is 42.5 Å². The molecule has 0 fully saturated rings. The van der Waals surface area contributed by atoms with Crippen molar-refractivity contribution in [2.75, 3.05) is 0 Å². The molecule has 0 radical (unpaired) electrons. The zero-order valence-corrected chi connectivity index (χ0v) is 13.4. The molecule has 0 aliphatic carbocycles. The molecule has 0 aliphatic rings. The van der Waals surface area contributed by atoms with Gasteiger partial charge in [0.1, 0.15) is 29.1 Å². The molecule has 0 aliphatic heterocycles. The largest absolute Gasteiger partial charge is 0.207 e. The first kappa shape index (κ1) is 17.1. The van der Waals surface area contributed by atoms with Crippen molar-refractivity contribution in [1.29, 1.82) is 0 Å². The quantitative estimate of drug-likeness (QED) is 0.475. The zero-order valence-electron chi connectivity index (χ0n) is 13.4. The molecular formula is C20H13F5. The van der Waals surface area contributed by atoms with E-state index in [2.05, 4.69) is 0 Å². The Labute approximate surface area is 141 Å². The van der Waals surface area contributed by atoms with Crippen molar-refractivity contribution in [3.05, 3.63) is 82.7 Å². The molecule has 0 saturated carbocycles. The molecule has 0 nitrogen and oxygen atoms in total. The third-order valence-corrected chi connectivity index (χ3v) is 4.05. The molecule has 0 N–H and O–H groups in total. The van der Waals surface area contributed by atoms with Crippen molar-refractivity contribution in [3.8, 4) is 22.3 Å². The number of halogens is 5. The van der Waals surface area contributed by atoms with Crippen LogP contribution in [0.3, 0.4) is 0 Å². The van der Waals surface area contributed by atoms with E-state index in [-0.39, 0.29) is 22.3 Å². The highest BCUT2D eigenvalue weighted by Gasteiger charge is 2.18. The molecule has 0 bridgehead atoms. The Morgan fingerprint density at radius 2 is 1.08 bits per heavy atom. The fourth-order valence-corrected chi connectivity index (χ4v) is 2.65. The molecule has 25 heavy (non-hydrogen) atoms. The molecule has 0 saturated heterocycles. The summed E-state index contributed by atoms with van der Waals surface area (Å²) in [5, 5.41) is 0. The average Bonchev–Trinajstić information content (AvgIpc) is 2.51. The predicted octanol–water partition coefficient (Wildman–Crippen LogP) is 6.33. The summed E-state index contributed by atoms with van der Waals surface area (Å²) in [6.07, 6.45) is 0. The van der Waals surface area contributed by atoms with Crippen molar-refractivity contribution in [1.82, 2.24) is 0 Å². The van der Waals surface area contributed by atoms with Gasteiger partial charge in [0.25, 0.3) is 0 Å². The molecule has 3 aromatic rings. The molecule has 0 heterocycles. The van der Waals surface area contributed by atoms with E-state index in [4.69, 9.17) is 0 Å². The van der Waals surface area contributed by atoms with Gasteiger partial charge in [0, 0.05) is 11.1 Å². The van der Waals surface area contributed by atoms with Crippen molar-refractivity contribution in [2.24, 2.45) is 0 Å². The van der Waals surface area contributed by atoms with E-state index in [0.717, 1.165) is 24.3 Å². The third-order valence-electron chi connectivity index (χ3n) is 4.05. The van der Waals surface area contributed by atoms with Crippen molar-refractivity contribution in [3.63, 3.8) is 0 Å². The van der Waals surface area contributed by atoms with E-state index >= 15 is 0 Å². The number of benzene rings is 3. The van der Waals surface area contributed by atoms with Crippen LogP contribution in [-0.4, -0.2) is 0 Å². The van der Waals surface area contributed by atoms with Gasteiger partial charge in [0.05, 0.1) is 5.56 Å². The second-order valence-corrected chi connectivity index (χ2v) is 5.86. The third kappa shape index (κ3) is 3.14. The molecule has 0 amide bonds. The SMILES string of the molecule is Cc1ccc(-c2cc(F)c(-c3cc(F)c(C)c(F)c3)c(F)c2)c(F)c1. The summed E-state index contributed by atoms with van der Waals surface area (Å²) >= 11 is 0. The summed E-state index contributed by atoms with van der Waals surface area (Å²) in [5.74, 6) is -4.47. The maximum Gasteiger partial charge on any atom is 0.134 e. The normalized spacial score (nSPS) is 11.0. The van der Waals surface area contributed by atoms with Gasteiger partial charge in [-0.2, -0.15) is 0 Å². The maximum absolute atomic E-state index is 14.4. The minimum Gasteiger partial charge on any atom is -0.207 e. The lowest BCUT2D eigenvalue weighted by Gasteiger charge is -2.11. The summed E-state index contributed by atoms with van der Waals surface area (Å²) in [5.41, 5.74) is -0.339. The Hall–Kier alpha value is -2.69. The minimum atomic E-state index is -1.03. The molecule has 0 unspecified atom stereocenters. The van der Waals surface area contributed by atoms with Crippen molar-refractivity contribution in [2.45, 2.75) is 13.8 Å². The van der Waals surface area contributed by atoms with E-state index in [1.54, 1.807) is 13.0 Å². The predicted molar refractivity (Wildman–Crippen MR) is 86.6 cm³/mol. The van der Waals surface area contributed by atoms with Crippen LogP contribution in [0.1, 0.15) is 11.1 Å². The highest BCUT2D eigenvalue weighted by atomic mass is 19.1. The van der Waals surface area contributed by atoms with Gasteiger partial charge in [-0.25, -0.2) is 22.0 Å². The first-order chi connectivity index (χ1) is 11.8.